The Bertz CT molecular complexity index is 1410. The van der Waals surface area contributed by atoms with E-state index < -0.39 is 23.2 Å². The average Bonchev–Trinajstić information content (AvgIpc) is 3.02. The Hall–Kier alpha value is -4.08. The minimum absolute atomic E-state index is 0.139. The van der Waals surface area contributed by atoms with Gasteiger partial charge in [0.25, 0.3) is 0 Å². The highest BCUT2D eigenvalue weighted by atomic mass is 19.1. The van der Waals surface area contributed by atoms with Crippen LogP contribution in [-0.4, -0.2) is 25.1 Å². The smallest absolute Gasteiger partial charge is 0.325 e. The van der Waals surface area contributed by atoms with Gasteiger partial charge in [0.15, 0.2) is 5.65 Å². The van der Waals surface area contributed by atoms with Gasteiger partial charge in [-0.25, -0.2) is 27.6 Å². The first kappa shape index (κ1) is 21.2. The van der Waals surface area contributed by atoms with Crippen LogP contribution in [0.25, 0.3) is 5.65 Å². The molecule has 4 aromatic rings. The van der Waals surface area contributed by atoms with E-state index in [0.717, 1.165) is 4.68 Å². The summed E-state index contributed by atoms with van der Waals surface area (Å²) in [5.41, 5.74) is 1.87. The Balaban J connectivity index is 1.63. The topological polar surface area (TPSA) is 93.3 Å². The average molecular weight is 438 g/mol. The molecule has 2 N–H and O–H groups in total. The SMILES string of the molecule is Cc1cc2nn(CC(=O)Nc3ccc(C)c(F)c3)c(=O)n2c(Nc2ccc(C)c(F)c2)n1. The van der Waals surface area contributed by atoms with Crippen molar-refractivity contribution in [3.63, 3.8) is 0 Å². The standard InChI is InChI=1S/C22H20F2N6O2/c1-12-4-6-15(9-17(12)23)26-20(31)11-29-22(32)30-19(28-29)8-14(3)25-21(30)27-16-7-5-13(2)18(24)10-16/h4-10H,11H2,1-3H3,(H,25,27)(H,26,31). The van der Waals surface area contributed by atoms with Crippen molar-refractivity contribution in [3.05, 3.63) is 81.4 Å². The second kappa shape index (κ2) is 8.22. The Morgan fingerprint density at radius 2 is 1.59 bits per heavy atom. The summed E-state index contributed by atoms with van der Waals surface area (Å²) >= 11 is 0. The van der Waals surface area contributed by atoms with Gasteiger partial charge in [0.05, 0.1) is 0 Å². The zero-order valence-electron chi connectivity index (χ0n) is 17.6. The summed E-state index contributed by atoms with van der Waals surface area (Å²) in [4.78, 5) is 29.7. The molecule has 0 aliphatic heterocycles. The number of nitrogens with zero attached hydrogens (tertiary/aromatic N) is 4. The monoisotopic (exact) mass is 438 g/mol. The van der Waals surface area contributed by atoms with E-state index in [-0.39, 0.29) is 23.8 Å². The van der Waals surface area contributed by atoms with Crippen LogP contribution in [0, 0.1) is 32.4 Å². The highest BCUT2D eigenvalue weighted by molar-refractivity contribution is 5.90. The third-order valence-corrected chi connectivity index (χ3v) is 4.87. The second-order valence-corrected chi connectivity index (χ2v) is 7.46. The lowest BCUT2D eigenvalue weighted by atomic mass is 10.2. The number of rotatable bonds is 5. The first-order valence-electron chi connectivity index (χ1n) is 9.77. The van der Waals surface area contributed by atoms with Gasteiger partial charge in [0.2, 0.25) is 11.9 Å². The number of hydrogen-bond donors (Lipinski definition) is 2. The molecular formula is C22H20F2N6O2. The van der Waals surface area contributed by atoms with E-state index in [1.807, 2.05) is 0 Å². The zero-order valence-corrected chi connectivity index (χ0v) is 17.6. The van der Waals surface area contributed by atoms with Gasteiger partial charge in [-0.05, 0) is 56.2 Å². The lowest BCUT2D eigenvalue weighted by molar-refractivity contribution is -0.117. The fourth-order valence-electron chi connectivity index (χ4n) is 3.15. The van der Waals surface area contributed by atoms with Crippen LogP contribution < -0.4 is 16.3 Å². The van der Waals surface area contributed by atoms with Crippen molar-refractivity contribution in [1.29, 1.82) is 0 Å². The predicted octanol–water partition coefficient (Wildman–Crippen LogP) is 3.48. The maximum Gasteiger partial charge on any atom is 0.353 e. The molecule has 0 aliphatic carbocycles. The predicted molar refractivity (Wildman–Crippen MR) is 116 cm³/mol. The van der Waals surface area contributed by atoms with Crippen LogP contribution in [0.3, 0.4) is 0 Å². The van der Waals surface area contributed by atoms with Gasteiger partial charge in [0.1, 0.15) is 18.2 Å². The number of carbonyl (C=O) groups is 1. The first-order chi connectivity index (χ1) is 15.2. The maximum absolute atomic E-state index is 13.9. The van der Waals surface area contributed by atoms with Gasteiger partial charge < -0.3 is 10.6 Å². The van der Waals surface area contributed by atoms with E-state index in [1.54, 1.807) is 51.1 Å². The quantitative estimate of drug-likeness (QED) is 0.498. The lowest BCUT2D eigenvalue weighted by Gasteiger charge is -2.09. The molecule has 2 aromatic carbocycles. The molecular weight excluding hydrogens is 418 g/mol. The number of hydrogen-bond acceptors (Lipinski definition) is 5. The van der Waals surface area contributed by atoms with Crippen LogP contribution >= 0.6 is 0 Å². The molecule has 0 spiro atoms. The molecule has 4 rings (SSSR count). The molecule has 2 heterocycles. The van der Waals surface area contributed by atoms with Crippen LogP contribution in [-0.2, 0) is 11.3 Å². The van der Waals surface area contributed by atoms with E-state index >= 15 is 0 Å². The van der Waals surface area contributed by atoms with Gasteiger partial charge in [-0.3, -0.25) is 4.79 Å². The Morgan fingerprint density at radius 3 is 2.25 bits per heavy atom. The van der Waals surface area contributed by atoms with Crippen molar-refractivity contribution in [2.45, 2.75) is 27.3 Å². The molecule has 0 unspecified atom stereocenters. The number of fused-ring (bicyclic) bond motifs is 1. The fraction of sp³-hybridized carbons (Fsp3) is 0.182. The molecule has 8 nitrogen and oxygen atoms in total. The van der Waals surface area contributed by atoms with Crippen molar-refractivity contribution < 1.29 is 13.6 Å². The normalized spacial score (nSPS) is 11.0. The molecule has 1 amide bonds. The zero-order chi connectivity index (χ0) is 23.0. The third kappa shape index (κ3) is 4.20. The summed E-state index contributed by atoms with van der Waals surface area (Å²) in [5, 5.41) is 9.68. The molecule has 2 aromatic heterocycles. The summed E-state index contributed by atoms with van der Waals surface area (Å²) < 4.78 is 29.8. The largest absolute Gasteiger partial charge is 0.353 e. The number of amides is 1. The van der Waals surface area contributed by atoms with E-state index in [1.165, 1.54) is 16.5 Å². The van der Waals surface area contributed by atoms with E-state index in [2.05, 4.69) is 20.7 Å². The number of nitrogens with one attached hydrogen (secondary N) is 2. The van der Waals surface area contributed by atoms with Crippen LogP contribution in [0.2, 0.25) is 0 Å². The molecule has 0 bridgehead atoms. The second-order valence-electron chi connectivity index (χ2n) is 7.46. The number of anilines is 3. The maximum atomic E-state index is 13.9. The first-order valence-corrected chi connectivity index (χ1v) is 9.77. The van der Waals surface area contributed by atoms with Gasteiger partial charge in [-0.2, -0.15) is 0 Å². The summed E-state index contributed by atoms with van der Waals surface area (Å²) in [6, 6.07) is 10.5. The molecule has 0 radical (unpaired) electrons. The van der Waals surface area contributed by atoms with E-state index in [4.69, 9.17) is 0 Å². The van der Waals surface area contributed by atoms with Crippen LogP contribution in [0.15, 0.2) is 47.3 Å². The van der Waals surface area contributed by atoms with E-state index in [0.29, 0.717) is 22.5 Å². The number of aromatic nitrogens is 4. The lowest BCUT2D eigenvalue weighted by Crippen LogP contribution is -2.29. The minimum atomic E-state index is -0.604. The number of carbonyl (C=O) groups excluding carboxylic acids is 1. The molecule has 32 heavy (non-hydrogen) atoms. The van der Waals surface area contributed by atoms with Crippen molar-refractivity contribution >= 4 is 28.9 Å². The molecule has 0 atom stereocenters. The molecule has 0 aliphatic rings. The van der Waals surface area contributed by atoms with Crippen LogP contribution in [0.1, 0.15) is 16.8 Å². The summed E-state index contributed by atoms with van der Waals surface area (Å²) in [6.45, 7) is 4.60. The van der Waals surface area contributed by atoms with Gasteiger partial charge >= 0.3 is 5.69 Å². The Kier molecular flexibility index (Phi) is 5.43. The Labute approximate surface area is 181 Å². The summed E-state index contributed by atoms with van der Waals surface area (Å²) in [7, 11) is 0. The van der Waals surface area contributed by atoms with Crippen LogP contribution in [0.5, 0.6) is 0 Å². The molecule has 10 heteroatoms. The number of halogens is 2. The number of benzene rings is 2. The highest BCUT2D eigenvalue weighted by Gasteiger charge is 2.16. The van der Waals surface area contributed by atoms with Crippen LogP contribution in [0.4, 0.5) is 26.1 Å². The molecule has 164 valence electrons. The summed E-state index contributed by atoms with van der Waals surface area (Å²) in [5.74, 6) is -1.25. The number of aryl methyl sites for hydroxylation is 3. The molecule has 0 saturated heterocycles. The van der Waals surface area contributed by atoms with Gasteiger partial charge in [0, 0.05) is 23.1 Å². The van der Waals surface area contributed by atoms with Gasteiger partial charge in [-0.1, -0.05) is 12.1 Å². The fourth-order valence-corrected chi connectivity index (χ4v) is 3.15. The Morgan fingerprint density at radius 1 is 0.969 bits per heavy atom. The molecule has 0 fully saturated rings. The minimum Gasteiger partial charge on any atom is -0.325 e. The highest BCUT2D eigenvalue weighted by Crippen LogP contribution is 2.19. The van der Waals surface area contributed by atoms with Crippen molar-refractivity contribution in [1.82, 2.24) is 19.2 Å². The van der Waals surface area contributed by atoms with Crippen molar-refractivity contribution in [3.8, 4) is 0 Å². The van der Waals surface area contributed by atoms with Crippen molar-refractivity contribution in [2.75, 3.05) is 10.6 Å². The van der Waals surface area contributed by atoms with E-state index in [9.17, 15) is 18.4 Å². The molecule has 0 saturated carbocycles. The third-order valence-electron chi connectivity index (χ3n) is 4.87. The van der Waals surface area contributed by atoms with Crippen molar-refractivity contribution in [2.24, 2.45) is 0 Å². The summed E-state index contributed by atoms with van der Waals surface area (Å²) in [6.07, 6.45) is 0. The van der Waals surface area contributed by atoms with Gasteiger partial charge in [-0.15, -0.1) is 5.10 Å².